The SMILES string of the molecule is COC(=O)Cn1nc(C)n(C)c1=O. The van der Waals surface area contributed by atoms with Crippen LogP contribution in [-0.2, 0) is 23.1 Å². The van der Waals surface area contributed by atoms with Crippen LogP contribution in [-0.4, -0.2) is 27.4 Å². The van der Waals surface area contributed by atoms with Gasteiger partial charge in [0.2, 0.25) is 0 Å². The highest BCUT2D eigenvalue weighted by atomic mass is 16.5. The fourth-order valence-corrected chi connectivity index (χ4v) is 0.886. The molecule has 0 saturated carbocycles. The lowest BCUT2D eigenvalue weighted by Gasteiger charge is -1.96. The zero-order valence-electron chi connectivity index (χ0n) is 7.77. The van der Waals surface area contributed by atoms with Crippen LogP contribution in [0.3, 0.4) is 0 Å². The van der Waals surface area contributed by atoms with Gasteiger partial charge in [-0.15, -0.1) is 0 Å². The van der Waals surface area contributed by atoms with Gasteiger partial charge in [0.25, 0.3) is 0 Å². The van der Waals surface area contributed by atoms with Crippen molar-refractivity contribution in [2.45, 2.75) is 13.5 Å². The van der Waals surface area contributed by atoms with Crippen molar-refractivity contribution in [2.24, 2.45) is 7.05 Å². The topological polar surface area (TPSA) is 66.1 Å². The van der Waals surface area contributed by atoms with E-state index < -0.39 is 5.97 Å². The lowest BCUT2D eigenvalue weighted by atomic mass is 10.7. The second kappa shape index (κ2) is 3.42. The summed E-state index contributed by atoms with van der Waals surface area (Å²) in [5, 5.41) is 3.86. The molecule has 0 fully saturated rings. The number of carbonyl (C=O) groups excluding carboxylic acids is 1. The van der Waals surface area contributed by atoms with Crippen LogP contribution in [0.2, 0.25) is 0 Å². The number of hydrogen-bond donors (Lipinski definition) is 0. The Balaban J connectivity index is 2.97. The summed E-state index contributed by atoms with van der Waals surface area (Å²) in [6.07, 6.45) is 0. The third-order valence-electron chi connectivity index (χ3n) is 1.77. The third kappa shape index (κ3) is 1.77. The van der Waals surface area contributed by atoms with E-state index in [1.165, 1.54) is 11.7 Å². The summed E-state index contributed by atoms with van der Waals surface area (Å²) < 4.78 is 6.84. The molecule has 1 heterocycles. The van der Waals surface area contributed by atoms with E-state index in [-0.39, 0.29) is 12.2 Å². The first-order valence-corrected chi connectivity index (χ1v) is 3.73. The van der Waals surface area contributed by atoms with Gasteiger partial charge in [-0.1, -0.05) is 0 Å². The number of aryl methyl sites for hydroxylation is 1. The molecule has 72 valence electrons. The van der Waals surface area contributed by atoms with E-state index in [1.54, 1.807) is 14.0 Å². The van der Waals surface area contributed by atoms with Crippen LogP contribution in [0.25, 0.3) is 0 Å². The van der Waals surface area contributed by atoms with Crippen molar-refractivity contribution >= 4 is 5.97 Å². The van der Waals surface area contributed by atoms with Crippen molar-refractivity contribution in [1.29, 1.82) is 0 Å². The van der Waals surface area contributed by atoms with Crippen molar-refractivity contribution in [1.82, 2.24) is 14.3 Å². The molecule has 0 aromatic carbocycles. The first-order valence-electron chi connectivity index (χ1n) is 3.73. The maximum Gasteiger partial charge on any atom is 0.346 e. The van der Waals surface area contributed by atoms with Gasteiger partial charge in [-0.25, -0.2) is 9.48 Å². The molecule has 0 saturated heterocycles. The number of methoxy groups -OCH3 is 1. The monoisotopic (exact) mass is 185 g/mol. The number of rotatable bonds is 2. The molecule has 0 spiro atoms. The summed E-state index contributed by atoms with van der Waals surface area (Å²) >= 11 is 0. The number of aromatic nitrogens is 3. The molecule has 0 unspecified atom stereocenters. The van der Waals surface area contributed by atoms with E-state index in [0.29, 0.717) is 5.82 Å². The first-order chi connectivity index (χ1) is 6.06. The zero-order valence-corrected chi connectivity index (χ0v) is 7.77. The van der Waals surface area contributed by atoms with Gasteiger partial charge in [-0.05, 0) is 6.92 Å². The molecule has 0 radical (unpaired) electrons. The molecule has 1 aromatic rings. The summed E-state index contributed by atoms with van der Waals surface area (Å²) in [6.45, 7) is 1.55. The summed E-state index contributed by atoms with van der Waals surface area (Å²) in [7, 11) is 2.86. The van der Waals surface area contributed by atoms with Crippen LogP contribution in [0.4, 0.5) is 0 Å². The average Bonchev–Trinajstić information content (AvgIpc) is 2.34. The van der Waals surface area contributed by atoms with Crippen LogP contribution < -0.4 is 5.69 Å². The smallest absolute Gasteiger partial charge is 0.346 e. The Bertz CT molecular complexity index is 377. The lowest BCUT2D eigenvalue weighted by molar-refractivity contribution is -0.141. The standard InChI is InChI=1S/C7H11N3O3/c1-5-8-10(4-6(11)13-3)7(12)9(5)2/h4H2,1-3H3. The van der Waals surface area contributed by atoms with Crippen LogP contribution in [0.5, 0.6) is 0 Å². The van der Waals surface area contributed by atoms with E-state index in [2.05, 4.69) is 9.84 Å². The highest BCUT2D eigenvalue weighted by molar-refractivity contribution is 5.68. The number of carbonyl (C=O) groups is 1. The van der Waals surface area contributed by atoms with Crippen LogP contribution >= 0.6 is 0 Å². The summed E-state index contributed by atoms with van der Waals surface area (Å²) in [4.78, 5) is 22.1. The second-order valence-electron chi connectivity index (χ2n) is 2.62. The van der Waals surface area contributed by atoms with Crippen LogP contribution in [0.15, 0.2) is 4.79 Å². The van der Waals surface area contributed by atoms with E-state index in [0.717, 1.165) is 4.68 Å². The molecule has 0 aliphatic carbocycles. The van der Waals surface area contributed by atoms with E-state index >= 15 is 0 Å². The Morgan fingerprint density at radius 2 is 2.23 bits per heavy atom. The van der Waals surface area contributed by atoms with Gasteiger partial charge in [0, 0.05) is 7.05 Å². The largest absolute Gasteiger partial charge is 0.468 e. The van der Waals surface area contributed by atoms with Gasteiger partial charge < -0.3 is 4.74 Å². The van der Waals surface area contributed by atoms with Gasteiger partial charge in [0.1, 0.15) is 12.4 Å². The van der Waals surface area contributed by atoms with Crippen LogP contribution in [0, 0.1) is 6.92 Å². The van der Waals surface area contributed by atoms with Crippen molar-refractivity contribution in [2.75, 3.05) is 7.11 Å². The van der Waals surface area contributed by atoms with Gasteiger partial charge in [-0.2, -0.15) is 5.10 Å². The molecular formula is C7H11N3O3. The Labute approximate surface area is 74.7 Å². The Hall–Kier alpha value is -1.59. The molecule has 1 aromatic heterocycles. The predicted octanol–water partition coefficient (Wildman–Crippen LogP) is -0.937. The molecular weight excluding hydrogens is 174 g/mol. The van der Waals surface area contributed by atoms with Gasteiger partial charge in [0.15, 0.2) is 0 Å². The number of ether oxygens (including phenoxy) is 1. The molecule has 6 nitrogen and oxygen atoms in total. The average molecular weight is 185 g/mol. The number of esters is 1. The summed E-state index contributed by atoms with van der Waals surface area (Å²) in [5.41, 5.74) is -0.317. The zero-order chi connectivity index (χ0) is 10.0. The van der Waals surface area contributed by atoms with Crippen molar-refractivity contribution in [3.8, 4) is 0 Å². The fraction of sp³-hybridized carbons (Fsp3) is 0.571. The number of nitrogens with zero attached hydrogens (tertiary/aromatic N) is 3. The molecule has 13 heavy (non-hydrogen) atoms. The molecule has 0 atom stereocenters. The van der Waals surface area contributed by atoms with Crippen molar-refractivity contribution in [3.05, 3.63) is 16.3 Å². The first kappa shape index (κ1) is 9.50. The quantitative estimate of drug-likeness (QED) is 0.558. The maximum absolute atomic E-state index is 11.3. The number of hydrogen-bond acceptors (Lipinski definition) is 4. The highest BCUT2D eigenvalue weighted by Crippen LogP contribution is 1.86. The summed E-state index contributed by atoms with van der Waals surface area (Å²) in [5.74, 6) is 0.0779. The Morgan fingerprint density at radius 1 is 1.62 bits per heavy atom. The molecule has 1 rings (SSSR count). The molecule has 0 N–H and O–H groups in total. The second-order valence-corrected chi connectivity index (χ2v) is 2.62. The highest BCUT2D eigenvalue weighted by Gasteiger charge is 2.09. The Kier molecular flexibility index (Phi) is 2.50. The minimum atomic E-state index is -0.486. The molecule has 0 amide bonds. The molecule has 6 heteroatoms. The van der Waals surface area contributed by atoms with E-state index in [4.69, 9.17) is 0 Å². The third-order valence-corrected chi connectivity index (χ3v) is 1.77. The minimum absolute atomic E-state index is 0.142. The lowest BCUT2D eigenvalue weighted by Crippen LogP contribution is -2.26. The molecule has 0 bridgehead atoms. The van der Waals surface area contributed by atoms with Crippen molar-refractivity contribution < 1.29 is 9.53 Å². The maximum atomic E-state index is 11.3. The minimum Gasteiger partial charge on any atom is -0.468 e. The molecule has 0 aliphatic heterocycles. The predicted molar refractivity (Wildman–Crippen MR) is 44.2 cm³/mol. The van der Waals surface area contributed by atoms with Gasteiger partial charge >= 0.3 is 11.7 Å². The Morgan fingerprint density at radius 3 is 2.62 bits per heavy atom. The van der Waals surface area contributed by atoms with Gasteiger partial charge in [0.05, 0.1) is 7.11 Å². The van der Waals surface area contributed by atoms with E-state index in [9.17, 15) is 9.59 Å². The fourth-order valence-electron chi connectivity index (χ4n) is 0.886. The normalized spacial score (nSPS) is 10.1. The molecule has 0 aliphatic rings. The van der Waals surface area contributed by atoms with Crippen LogP contribution in [0.1, 0.15) is 5.82 Å². The van der Waals surface area contributed by atoms with E-state index in [1.807, 2.05) is 0 Å². The van der Waals surface area contributed by atoms with Gasteiger partial charge in [-0.3, -0.25) is 9.36 Å². The van der Waals surface area contributed by atoms with Crippen molar-refractivity contribution in [3.63, 3.8) is 0 Å². The summed E-state index contributed by atoms with van der Waals surface area (Å²) in [6, 6.07) is 0.